The molecule has 0 aliphatic heterocycles. The lowest BCUT2D eigenvalue weighted by Crippen LogP contribution is -2.15. The first kappa shape index (κ1) is 18.0. The fourth-order valence-corrected chi connectivity index (χ4v) is 2.54. The standard InChI is InChI=1S/C19H20ClNO3/c1-4-24-19(23)14-7-8-17(16(20)10-14)21-18(22)11-15-9-12(2)5-6-13(15)3/h5-10H,4,11H2,1-3H3,(H,21,22). The van der Waals surface area contributed by atoms with Gasteiger partial charge in [0, 0.05) is 0 Å². The number of carbonyl (C=O) groups is 2. The van der Waals surface area contributed by atoms with Crippen LogP contribution in [-0.4, -0.2) is 18.5 Å². The van der Waals surface area contributed by atoms with Gasteiger partial charge in [-0.1, -0.05) is 35.4 Å². The molecule has 0 atom stereocenters. The first-order valence-corrected chi connectivity index (χ1v) is 8.11. The van der Waals surface area contributed by atoms with Crippen LogP contribution in [0.5, 0.6) is 0 Å². The molecule has 0 aromatic heterocycles. The number of aryl methyl sites for hydroxylation is 2. The van der Waals surface area contributed by atoms with Gasteiger partial charge in [-0.15, -0.1) is 0 Å². The Balaban J connectivity index is 2.09. The second-order valence-electron chi connectivity index (χ2n) is 5.57. The lowest BCUT2D eigenvalue weighted by molar-refractivity contribution is -0.115. The van der Waals surface area contributed by atoms with Crippen LogP contribution in [0.25, 0.3) is 0 Å². The first-order chi connectivity index (χ1) is 11.4. The fourth-order valence-electron chi connectivity index (χ4n) is 2.32. The van der Waals surface area contributed by atoms with Crippen molar-refractivity contribution in [2.24, 2.45) is 0 Å². The molecule has 0 aliphatic carbocycles. The number of ether oxygens (including phenoxy) is 1. The SMILES string of the molecule is CCOC(=O)c1ccc(NC(=O)Cc2cc(C)ccc2C)c(Cl)c1. The van der Waals surface area contributed by atoms with Gasteiger partial charge < -0.3 is 10.1 Å². The number of rotatable bonds is 5. The molecule has 0 unspecified atom stereocenters. The second-order valence-corrected chi connectivity index (χ2v) is 5.98. The largest absolute Gasteiger partial charge is 0.462 e. The third kappa shape index (κ3) is 4.59. The van der Waals surface area contributed by atoms with Gasteiger partial charge in [0.05, 0.1) is 29.3 Å². The molecule has 0 bridgehead atoms. The third-order valence-corrected chi connectivity index (χ3v) is 3.92. The number of halogens is 1. The molecule has 0 spiro atoms. The van der Waals surface area contributed by atoms with E-state index >= 15 is 0 Å². The summed E-state index contributed by atoms with van der Waals surface area (Å²) in [7, 11) is 0. The van der Waals surface area contributed by atoms with Crippen molar-refractivity contribution in [3.8, 4) is 0 Å². The highest BCUT2D eigenvalue weighted by atomic mass is 35.5. The average Bonchev–Trinajstić information content (AvgIpc) is 2.53. The minimum absolute atomic E-state index is 0.158. The van der Waals surface area contributed by atoms with Gasteiger partial charge in [0.25, 0.3) is 0 Å². The average molecular weight is 346 g/mol. The van der Waals surface area contributed by atoms with Crippen LogP contribution in [0.2, 0.25) is 5.02 Å². The summed E-state index contributed by atoms with van der Waals surface area (Å²) in [6.45, 7) is 6.00. The Hall–Kier alpha value is -2.33. The number of amides is 1. The minimum Gasteiger partial charge on any atom is -0.462 e. The zero-order valence-electron chi connectivity index (χ0n) is 14.0. The van der Waals surface area contributed by atoms with Gasteiger partial charge in [-0.05, 0) is 50.1 Å². The first-order valence-electron chi connectivity index (χ1n) is 7.73. The summed E-state index contributed by atoms with van der Waals surface area (Å²) in [5, 5.41) is 3.08. The van der Waals surface area contributed by atoms with Crippen LogP contribution < -0.4 is 5.32 Å². The summed E-state index contributed by atoms with van der Waals surface area (Å²) < 4.78 is 4.92. The number of carbonyl (C=O) groups excluding carboxylic acids is 2. The molecule has 2 rings (SSSR count). The van der Waals surface area contributed by atoms with E-state index in [2.05, 4.69) is 5.32 Å². The van der Waals surface area contributed by atoms with Gasteiger partial charge >= 0.3 is 5.97 Å². The third-order valence-electron chi connectivity index (χ3n) is 3.61. The maximum Gasteiger partial charge on any atom is 0.338 e. The summed E-state index contributed by atoms with van der Waals surface area (Å²) >= 11 is 6.15. The van der Waals surface area contributed by atoms with Gasteiger partial charge in [0.2, 0.25) is 5.91 Å². The highest BCUT2D eigenvalue weighted by Gasteiger charge is 2.12. The molecule has 5 heteroatoms. The molecule has 0 radical (unpaired) electrons. The summed E-state index contributed by atoms with van der Waals surface area (Å²) in [6, 6.07) is 10.7. The molecular weight excluding hydrogens is 326 g/mol. The van der Waals surface area contributed by atoms with Crippen molar-refractivity contribution in [3.05, 3.63) is 63.7 Å². The maximum atomic E-state index is 12.3. The number of hydrogen-bond acceptors (Lipinski definition) is 3. The fraction of sp³-hybridized carbons (Fsp3) is 0.263. The van der Waals surface area contributed by atoms with E-state index < -0.39 is 5.97 Å². The van der Waals surface area contributed by atoms with Crippen molar-refractivity contribution in [1.29, 1.82) is 0 Å². The van der Waals surface area contributed by atoms with E-state index in [-0.39, 0.29) is 12.3 Å². The van der Waals surface area contributed by atoms with Crippen molar-refractivity contribution in [2.45, 2.75) is 27.2 Å². The van der Waals surface area contributed by atoms with Crippen LogP contribution in [0.3, 0.4) is 0 Å². The molecule has 126 valence electrons. The summed E-state index contributed by atoms with van der Waals surface area (Å²) in [4.78, 5) is 23.9. The summed E-state index contributed by atoms with van der Waals surface area (Å²) in [5.41, 5.74) is 3.99. The number of nitrogens with one attached hydrogen (secondary N) is 1. The topological polar surface area (TPSA) is 55.4 Å². The van der Waals surface area contributed by atoms with Gasteiger partial charge in [-0.25, -0.2) is 4.79 Å². The highest BCUT2D eigenvalue weighted by Crippen LogP contribution is 2.24. The predicted octanol–water partition coefficient (Wildman–Crippen LogP) is 4.31. The Morgan fingerprint density at radius 3 is 2.54 bits per heavy atom. The lowest BCUT2D eigenvalue weighted by atomic mass is 10.0. The maximum absolute atomic E-state index is 12.3. The predicted molar refractivity (Wildman–Crippen MR) is 95.7 cm³/mol. The molecule has 2 aromatic carbocycles. The molecule has 0 fully saturated rings. The summed E-state index contributed by atoms with van der Waals surface area (Å²) in [6.07, 6.45) is 0.267. The zero-order valence-corrected chi connectivity index (χ0v) is 14.7. The molecule has 0 saturated heterocycles. The Morgan fingerprint density at radius 2 is 1.88 bits per heavy atom. The molecule has 0 saturated carbocycles. The van der Waals surface area contributed by atoms with E-state index in [4.69, 9.17) is 16.3 Å². The van der Waals surface area contributed by atoms with Crippen molar-refractivity contribution < 1.29 is 14.3 Å². The number of anilines is 1. The van der Waals surface area contributed by atoms with Gasteiger partial charge in [0.15, 0.2) is 0 Å². The van der Waals surface area contributed by atoms with E-state index in [0.717, 1.165) is 16.7 Å². The molecule has 1 amide bonds. The van der Waals surface area contributed by atoms with Crippen molar-refractivity contribution >= 4 is 29.2 Å². The van der Waals surface area contributed by atoms with Gasteiger partial charge in [-0.3, -0.25) is 4.79 Å². The van der Waals surface area contributed by atoms with E-state index in [1.165, 1.54) is 6.07 Å². The van der Waals surface area contributed by atoms with E-state index in [9.17, 15) is 9.59 Å². The monoisotopic (exact) mass is 345 g/mol. The van der Waals surface area contributed by atoms with Crippen molar-refractivity contribution in [3.63, 3.8) is 0 Å². The Morgan fingerprint density at radius 1 is 1.12 bits per heavy atom. The molecule has 4 nitrogen and oxygen atoms in total. The molecular formula is C19H20ClNO3. The summed E-state index contributed by atoms with van der Waals surface area (Å²) in [5.74, 6) is -0.595. The Labute approximate surface area is 146 Å². The quantitative estimate of drug-likeness (QED) is 0.821. The smallest absolute Gasteiger partial charge is 0.338 e. The van der Waals surface area contributed by atoms with E-state index in [1.54, 1.807) is 19.1 Å². The molecule has 1 N–H and O–H groups in total. The molecule has 0 aliphatic rings. The molecule has 2 aromatic rings. The van der Waals surface area contributed by atoms with Crippen LogP contribution in [0.4, 0.5) is 5.69 Å². The van der Waals surface area contributed by atoms with Crippen molar-refractivity contribution in [2.75, 3.05) is 11.9 Å². The zero-order chi connectivity index (χ0) is 17.7. The van der Waals surface area contributed by atoms with Gasteiger partial charge in [-0.2, -0.15) is 0 Å². The normalized spacial score (nSPS) is 10.3. The number of esters is 1. The highest BCUT2D eigenvalue weighted by molar-refractivity contribution is 6.34. The van der Waals surface area contributed by atoms with Crippen LogP contribution in [0.15, 0.2) is 36.4 Å². The van der Waals surface area contributed by atoms with Crippen LogP contribution in [0, 0.1) is 13.8 Å². The van der Waals surface area contributed by atoms with Crippen molar-refractivity contribution in [1.82, 2.24) is 0 Å². The Kier molecular flexibility index (Phi) is 5.99. The molecule has 0 heterocycles. The van der Waals surface area contributed by atoms with Crippen LogP contribution in [-0.2, 0) is 16.0 Å². The number of benzene rings is 2. The number of hydrogen-bond donors (Lipinski definition) is 1. The van der Waals surface area contributed by atoms with Crippen LogP contribution >= 0.6 is 11.6 Å². The van der Waals surface area contributed by atoms with Crippen LogP contribution in [0.1, 0.15) is 34.0 Å². The van der Waals surface area contributed by atoms with E-state index in [1.807, 2.05) is 32.0 Å². The lowest BCUT2D eigenvalue weighted by Gasteiger charge is -2.10. The molecule has 24 heavy (non-hydrogen) atoms. The van der Waals surface area contributed by atoms with E-state index in [0.29, 0.717) is 22.9 Å². The second kappa shape index (κ2) is 7.97. The minimum atomic E-state index is -0.437. The Bertz CT molecular complexity index is 771. The van der Waals surface area contributed by atoms with Gasteiger partial charge in [0.1, 0.15) is 0 Å².